The van der Waals surface area contributed by atoms with Gasteiger partial charge in [-0.2, -0.15) is 0 Å². The van der Waals surface area contributed by atoms with Crippen LogP contribution in [0.4, 0.5) is 9.52 Å². The van der Waals surface area contributed by atoms with Gasteiger partial charge in [0.15, 0.2) is 11.7 Å². The number of aromatic nitrogens is 1. The first-order valence-corrected chi connectivity index (χ1v) is 10.2. The van der Waals surface area contributed by atoms with Crippen LogP contribution in [-0.4, -0.2) is 17.5 Å². The molecular formula is C24H19FN2O2S. The van der Waals surface area contributed by atoms with Crippen molar-refractivity contribution >= 4 is 22.4 Å². The third-order valence-corrected chi connectivity index (χ3v) is 5.38. The number of nitrogens with zero attached hydrogens (tertiary/aromatic N) is 1. The minimum absolute atomic E-state index is 0.131. The van der Waals surface area contributed by atoms with Crippen LogP contribution < -0.4 is 10.1 Å². The molecule has 30 heavy (non-hydrogen) atoms. The van der Waals surface area contributed by atoms with Crippen LogP contribution in [0.1, 0.15) is 4.88 Å². The van der Waals surface area contributed by atoms with Crippen molar-refractivity contribution in [3.63, 3.8) is 0 Å². The molecule has 4 rings (SSSR count). The van der Waals surface area contributed by atoms with Gasteiger partial charge >= 0.3 is 0 Å². The molecule has 0 aliphatic carbocycles. The average Bonchev–Trinajstić information content (AvgIpc) is 3.13. The fraction of sp³-hybridized carbons (Fsp3) is 0.0833. The lowest BCUT2D eigenvalue weighted by Gasteiger charge is -2.11. The first kappa shape index (κ1) is 19.8. The van der Waals surface area contributed by atoms with Crippen LogP contribution in [0.25, 0.3) is 22.4 Å². The van der Waals surface area contributed by atoms with Crippen LogP contribution in [0.2, 0.25) is 0 Å². The minimum atomic E-state index is -0.298. The fourth-order valence-corrected chi connectivity index (χ4v) is 3.92. The van der Waals surface area contributed by atoms with E-state index in [1.54, 1.807) is 12.1 Å². The van der Waals surface area contributed by atoms with Crippen molar-refractivity contribution in [2.45, 2.75) is 6.92 Å². The number of nitrogens with one attached hydrogen (secondary N) is 1. The number of rotatable bonds is 6. The molecular weight excluding hydrogens is 399 g/mol. The molecule has 1 aromatic heterocycles. The molecule has 1 heterocycles. The number of ether oxygens (including phenoxy) is 1. The Morgan fingerprint density at radius 3 is 2.43 bits per heavy atom. The van der Waals surface area contributed by atoms with Gasteiger partial charge in [-0.3, -0.25) is 10.1 Å². The molecule has 0 aliphatic rings. The maximum Gasteiger partial charge on any atom is 0.264 e. The lowest BCUT2D eigenvalue weighted by atomic mass is 10.1. The summed E-state index contributed by atoms with van der Waals surface area (Å²) < 4.78 is 18.9. The summed E-state index contributed by atoms with van der Waals surface area (Å²) in [6.07, 6.45) is 0. The first-order valence-electron chi connectivity index (χ1n) is 9.40. The van der Waals surface area contributed by atoms with Crippen LogP contribution in [0, 0.1) is 12.7 Å². The molecule has 0 radical (unpaired) electrons. The number of halogens is 1. The molecule has 4 nitrogen and oxygen atoms in total. The molecule has 0 fully saturated rings. The Kier molecular flexibility index (Phi) is 5.86. The number of hydrogen-bond acceptors (Lipinski definition) is 4. The summed E-state index contributed by atoms with van der Waals surface area (Å²) in [7, 11) is 0. The van der Waals surface area contributed by atoms with E-state index in [4.69, 9.17) is 4.74 Å². The standard InChI is InChI=1S/C24H19FN2O2S/c1-16-23(18-11-13-19(25)14-12-18)27-24(30-16)26-22(28)15-29-21-10-6-5-9-20(21)17-7-3-2-4-8-17/h2-14H,15H2,1H3,(H,26,27,28). The first-order chi connectivity index (χ1) is 14.6. The van der Waals surface area contributed by atoms with Crippen LogP contribution in [0.15, 0.2) is 78.9 Å². The fourth-order valence-electron chi connectivity index (χ4n) is 3.07. The Morgan fingerprint density at radius 1 is 0.967 bits per heavy atom. The molecule has 0 atom stereocenters. The number of anilines is 1. The number of hydrogen-bond donors (Lipinski definition) is 1. The molecule has 0 saturated heterocycles. The highest BCUT2D eigenvalue weighted by atomic mass is 32.1. The van der Waals surface area contributed by atoms with Gasteiger partial charge in [-0.05, 0) is 42.8 Å². The quantitative estimate of drug-likeness (QED) is 0.421. The number of para-hydroxylation sites is 1. The monoisotopic (exact) mass is 418 g/mol. The van der Waals surface area contributed by atoms with Crippen molar-refractivity contribution in [3.8, 4) is 28.1 Å². The molecule has 0 saturated carbocycles. The lowest BCUT2D eigenvalue weighted by molar-refractivity contribution is -0.118. The minimum Gasteiger partial charge on any atom is -0.483 e. The highest BCUT2D eigenvalue weighted by molar-refractivity contribution is 7.16. The van der Waals surface area contributed by atoms with E-state index in [0.29, 0.717) is 10.9 Å². The van der Waals surface area contributed by atoms with E-state index in [9.17, 15) is 9.18 Å². The van der Waals surface area contributed by atoms with Gasteiger partial charge in [0.1, 0.15) is 11.6 Å². The SMILES string of the molecule is Cc1sc(NC(=O)COc2ccccc2-c2ccccc2)nc1-c1ccc(F)cc1. The molecule has 150 valence electrons. The van der Waals surface area contributed by atoms with Gasteiger partial charge in [0.05, 0.1) is 5.69 Å². The molecule has 1 N–H and O–H groups in total. The molecule has 3 aromatic carbocycles. The Hall–Kier alpha value is -3.51. The van der Waals surface area contributed by atoms with Crippen LogP contribution in [0.5, 0.6) is 5.75 Å². The number of carbonyl (C=O) groups excluding carboxylic acids is 1. The number of benzene rings is 3. The molecule has 0 aliphatic heterocycles. The van der Waals surface area contributed by atoms with Crippen molar-refractivity contribution in [1.29, 1.82) is 0 Å². The summed E-state index contributed by atoms with van der Waals surface area (Å²) in [5, 5.41) is 3.27. The average molecular weight is 418 g/mol. The normalized spacial score (nSPS) is 10.6. The van der Waals surface area contributed by atoms with Gasteiger partial charge in [0, 0.05) is 16.0 Å². The van der Waals surface area contributed by atoms with E-state index >= 15 is 0 Å². The van der Waals surface area contributed by atoms with E-state index in [1.165, 1.54) is 23.5 Å². The third-order valence-electron chi connectivity index (χ3n) is 4.49. The van der Waals surface area contributed by atoms with Crippen LogP contribution >= 0.6 is 11.3 Å². The lowest BCUT2D eigenvalue weighted by Crippen LogP contribution is -2.20. The maximum atomic E-state index is 13.2. The predicted molar refractivity (Wildman–Crippen MR) is 118 cm³/mol. The number of amides is 1. The second-order valence-corrected chi connectivity index (χ2v) is 7.83. The second kappa shape index (κ2) is 8.88. The zero-order valence-corrected chi connectivity index (χ0v) is 17.1. The molecule has 0 bridgehead atoms. The Balaban J connectivity index is 1.43. The topological polar surface area (TPSA) is 51.2 Å². The summed E-state index contributed by atoms with van der Waals surface area (Å²) in [4.78, 5) is 17.8. The van der Waals surface area contributed by atoms with E-state index < -0.39 is 0 Å². The predicted octanol–water partition coefficient (Wildman–Crippen LogP) is 5.94. The van der Waals surface area contributed by atoms with Gasteiger partial charge in [-0.1, -0.05) is 48.5 Å². The Bertz CT molecular complexity index is 1160. The number of carbonyl (C=O) groups is 1. The molecule has 1 amide bonds. The zero-order valence-electron chi connectivity index (χ0n) is 16.3. The number of thiazole rings is 1. The van der Waals surface area contributed by atoms with Crippen molar-refractivity contribution < 1.29 is 13.9 Å². The van der Waals surface area contributed by atoms with Gasteiger partial charge in [0.25, 0.3) is 5.91 Å². The van der Waals surface area contributed by atoms with Gasteiger partial charge in [0.2, 0.25) is 0 Å². The Labute approximate surface area is 178 Å². The zero-order chi connectivity index (χ0) is 20.9. The Morgan fingerprint density at radius 2 is 1.67 bits per heavy atom. The molecule has 0 spiro atoms. The molecule has 0 unspecified atom stereocenters. The van der Waals surface area contributed by atoms with E-state index in [-0.39, 0.29) is 18.3 Å². The van der Waals surface area contributed by atoms with Crippen LogP contribution in [-0.2, 0) is 4.79 Å². The van der Waals surface area contributed by atoms with Crippen molar-refractivity contribution in [2.75, 3.05) is 11.9 Å². The largest absolute Gasteiger partial charge is 0.483 e. The summed E-state index contributed by atoms with van der Waals surface area (Å²) in [6, 6.07) is 23.6. The molecule has 4 aromatic rings. The van der Waals surface area contributed by atoms with Gasteiger partial charge in [-0.25, -0.2) is 9.37 Å². The van der Waals surface area contributed by atoms with E-state index in [0.717, 1.165) is 27.3 Å². The van der Waals surface area contributed by atoms with E-state index in [2.05, 4.69) is 10.3 Å². The van der Waals surface area contributed by atoms with Crippen molar-refractivity contribution in [2.24, 2.45) is 0 Å². The van der Waals surface area contributed by atoms with Crippen molar-refractivity contribution in [1.82, 2.24) is 4.98 Å². The number of aryl methyl sites for hydroxylation is 1. The third kappa shape index (κ3) is 4.55. The van der Waals surface area contributed by atoms with Crippen molar-refractivity contribution in [3.05, 3.63) is 89.6 Å². The highest BCUT2D eigenvalue weighted by Crippen LogP contribution is 2.31. The van der Waals surface area contributed by atoms with Gasteiger partial charge in [-0.15, -0.1) is 11.3 Å². The smallest absolute Gasteiger partial charge is 0.264 e. The summed E-state index contributed by atoms with van der Waals surface area (Å²) in [5.74, 6) is 0.0477. The summed E-state index contributed by atoms with van der Waals surface area (Å²) in [5.41, 5.74) is 3.48. The summed E-state index contributed by atoms with van der Waals surface area (Å²) in [6.45, 7) is 1.78. The maximum absolute atomic E-state index is 13.2. The highest BCUT2D eigenvalue weighted by Gasteiger charge is 2.13. The summed E-state index contributed by atoms with van der Waals surface area (Å²) >= 11 is 1.37. The molecule has 6 heteroatoms. The van der Waals surface area contributed by atoms with E-state index in [1.807, 2.05) is 61.5 Å². The second-order valence-electron chi connectivity index (χ2n) is 6.63. The van der Waals surface area contributed by atoms with Crippen LogP contribution in [0.3, 0.4) is 0 Å². The van der Waals surface area contributed by atoms with Gasteiger partial charge < -0.3 is 4.74 Å².